The average Bonchev–Trinajstić information content (AvgIpc) is 3.02. The second-order valence-electron chi connectivity index (χ2n) is 8.00. The van der Waals surface area contributed by atoms with E-state index in [0.717, 1.165) is 16.1 Å². The van der Waals surface area contributed by atoms with Crippen LogP contribution in [0.25, 0.3) is 0 Å². The molecule has 0 radical (unpaired) electrons. The van der Waals surface area contributed by atoms with E-state index < -0.39 is 34.5 Å². The van der Waals surface area contributed by atoms with Gasteiger partial charge in [0.25, 0.3) is 23.4 Å². The molecule has 0 aromatic heterocycles. The number of rotatable bonds is 5. The monoisotopic (exact) mass is 597 g/mol. The third-order valence-electron chi connectivity index (χ3n) is 5.91. The summed E-state index contributed by atoms with van der Waals surface area (Å²) < 4.78 is 0. The summed E-state index contributed by atoms with van der Waals surface area (Å²) in [4.78, 5) is 50.8. The topological polar surface area (TPSA) is 101 Å². The molecule has 11 heteroatoms. The van der Waals surface area contributed by atoms with Gasteiger partial charge < -0.3 is 0 Å². The van der Waals surface area contributed by atoms with Gasteiger partial charge in [-0.3, -0.25) is 24.5 Å². The van der Waals surface area contributed by atoms with Crippen molar-refractivity contribution in [2.24, 2.45) is 11.8 Å². The fraction of sp³-hybridized carbons (Fsp3) is 0.318. The fourth-order valence-electron chi connectivity index (χ4n) is 4.21. The van der Waals surface area contributed by atoms with E-state index in [1.165, 1.54) is 18.2 Å². The molecule has 2 aromatic carbocycles. The van der Waals surface area contributed by atoms with E-state index in [2.05, 4.69) is 31.9 Å². The summed E-state index contributed by atoms with van der Waals surface area (Å²) in [7, 11) is 0. The number of benzene rings is 2. The fourth-order valence-corrected chi connectivity index (χ4v) is 5.58. The van der Waals surface area contributed by atoms with Gasteiger partial charge in [0.2, 0.25) is 0 Å². The lowest BCUT2D eigenvalue weighted by atomic mass is 9.81. The van der Waals surface area contributed by atoms with Crippen LogP contribution in [0.2, 0.25) is 5.02 Å². The van der Waals surface area contributed by atoms with Gasteiger partial charge in [-0.05, 0) is 36.6 Å². The van der Waals surface area contributed by atoms with Crippen molar-refractivity contribution >= 4 is 66.9 Å². The number of hydrogen-bond donors (Lipinski definition) is 0. The Labute approximate surface area is 211 Å². The molecule has 3 amide bonds. The lowest BCUT2D eigenvalue weighted by Gasteiger charge is -2.30. The minimum atomic E-state index is -0.681. The van der Waals surface area contributed by atoms with Crippen molar-refractivity contribution in [2.75, 3.05) is 0 Å². The highest BCUT2D eigenvalue weighted by Crippen LogP contribution is 2.44. The molecule has 2 fully saturated rings. The molecule has 4 atom stereocenters. The Balaban J connectivity index is 1.72. The lowest BCUT2D eigenvalue weighted by molar-refractivity contribution is -0.384. The molecule has 0 unspecified atom stereocenters. The van der Waals surface area contributed by atoms with Gasteiger partial charge in [0.1, 0.15) is 0 Å². The number of nitrogens with zero attached hydrogens (tertiary/aromatic N) is 3. The summed E-state index contributed by atoms with van der Waals surface area (Å²) in [5, 5.41) is 13.7. The van der Waals surface area contributed by atoms with Gasteiger partial charge in [0.15, 0.2) is 0 Å². The second kappa shape index (κ2) is 9.52. The summed E-state index contributed by atoms with van der Waals surface area (Å²) in [5.41, 5.74) is 0.389. The molecular weight excluding hydrogens is 582 g/mol. The standard InChI is InChI=1S/C22H18Br2ClN3O5/c23-18-9-16-17(10-19(18)24)22(31)27(21(16)30)26(11-12-4-6-14(25)7-5-12)20(29)13-2-1-3-15(8-13)28(32)33/h1-8,16-19H,9-11H2/t16-,17+,18+,19-. The molecule has 1 heterocycles. The number of carbonyl (C=O) groups is 3. The minimum Gasteiger partial charge on any atom is -0.272 e. The first-order valence-corrected chi connectivity index (χ1v) is 12.3. The van der Waals surface area contributed by atoms with Gasteiger partial charge in [-0.1, -0.05) is 61.7 Å². The first-order valence-electron chi connectivity index (χ1n) is 10.1. The quantitative estimate of drug-likeness (QED) is 0.214. The average molecular weight is 600 g/mol. The number of hydrazine groups is 1. The van der Waals surface area contributed by atoms with E-state index in [4.69, 9.17) is 11.6 Å². The Kier molecular flexibility index (Phi) is 6.88. The van der Waals surface area contributed by atoms with Crippen LogP contribution in [0.1, 0.15) is 28.8 Å². The molecule has 8 nitrogen and oxygen atoms in total. The highest BCUT2D eigenvalue weighted by Gasteiger charge is 2.54. The Hall–Kier alpha value is -2.30. The number of nitro groups is 1. The molecule has 2 aromatic rings. The third kappa shape index (κ3) is 4.69. The Morgan fingerprint density at radius 2 is 1.64 bits per heavy atom. The predicted octanol–water partition coefficient (Wildman–Crippen LogP) is 4.73. The minimum absolute atomic E-state index is 0.00497. The second-order valence-corrected chi connectivity index (χ2v) is 10.8. The van der Waals surface area contributed by atoms with Crippen LogP contribution in [-0.4, -0.2) is 42.3 Å². The van der Waals surface area contributed by atoms with E-state index in [1.807, 2.05) is 0 Å². The van der Waals surface area contributed by atoms with Crippen LogP contribution in [0.5, 0.6) is 0 Å². The molecule has 0 bridgehead atoms. The summed E-state index contributed by atoms with van der Waals surface area (Å²) in [6.07, 6.45) is 0.920. The molecule has 1 aliphatic carbocycles. The van der Waals surface area contributed by atoms with Crippen LogP contribution < -0.4 is 0 Å². The van der Waals surface area contributed by atoms with Gasteiger partial charge in [0, 0.05) is 32.4 Å². The van der Waals surface area contributed by atoms with E-state index in [9.17, 15) is 24.5 Å². The van der Waals surface area contributed by atoms with Gasteiger partial charge in [-0.15, -0.1) is 0 Å². The van der Waals surface area contributed by atoms with Crippen molar-refractivity contribution in [1.82, 2.24) is 10.0 Å². The van der Waals surface area contributed by atoms with Crippen LogP contribution in [0.15, 0.2) is 48.5 Å². The van der Waals surface area contributed by atoms with Crippen molar-refractivity contribution < 1.29 is 19.3 Å². The molecule has 1 saturated heterocycles. The molecule has 4 rings (SSSR count). The summed E-state index contributed by atoms with van der Waals surface area (Å²) >= 11 is 13.1. The number of imide groups is 1. The van der Waals surface area contributed by atoms with Crippen LogP contribution in [0.4, 0.5) is 5.69 Å². The molecular formula is C22H18Br2ClN3O5. The molecule has 2 aliphatic rings. The number of alkyl halides is 2. The highest BCUT2D eigenvalue weighted by molar-refractivity contribution is 9.12. The first kappa shape index (κ1) is 23.8. The van der Waals surface area contributed by atoms with E-state index in [-0.39, 0.29) is 27.4 Å². The van der Waals surface area contributed by atoms with E-state index >= 15 is 0 Å². The Bertz CT molecular complexity index is 1100. The third-order valence-corrected chi connectivity index (χ3v) is 8.90. The zero-order valence-electron chi connectivity index (χ0n) is 17.1. The van der Waals surface area contributed by atoms with Gasteiger partial charge in [-0.25, -0.2) is 5.01 Å². The zero-order chi connectivity index (χ0) is 23.9. The number of carbonyl (C=O) groups excluding carboxylic acids is 3. The highest BCUT2D eigenvalue weighted by atomic mass is 79.9. The van der Waals surface area contributed by atoms with Crippen molar-refractivity contribution in [1.29, 1.82) is 0 Å². The summed E-state index contributed by atoms with van der Waals surface area (Å²) in [5.74, 6) is -2.65. The zero-order valence-corrected chi connectivity index (χ0v) is 21.0. The van der Waals surface area contributed by atoms with Crippen molar-refractivity contribution in [3.63, 3.8) is 0 Å². The maximum Gasteiger partial charge on any atom is 0.273 e. The maximum absolute atomic E-state index is 13.5. The Morgan fingerprint density at radius 3 is 2.18 bits per heavy atom. The molecule has 0 spiro atoms. The van der Waals surface area contributed by atoms with Gasteiger partial charge >= 0.3 is 0 Å². The largest absolute Gasteiger partial charge is 0.273 e. The first-order chi connectivity index (χ1) is 15.7. The molecule has 172 valence electrons. The molecule has 0 N–H and O–H groups in total. The Morgan fingerprint density at radius 1 is 1.06 bits per heavy atom. The van der Waals surface area contributed by atoms with Gasteiger partial charge in [0.05, 0.1) is 23.3 Å². The SMILES string of the molecule is O=C(c1cccc([N+](=O)[O-])c1)N(Cc1ccc(Cl)cc1)N1C(=O)[C@H]2C[C@@H](Br)[C@@H](Br)C[C@H]2C1=O. The van der Waals surface area contributed by atoms with E-state index in [1.54, 1.807) is 24.3 Å². The summed E-state index contributed by atoms with van der Waals surface area (Å²) in [6, 6.07) is 11.9. The van der Waals surface area contributed by atoms with Crippen molar-refractivity contribution in [2.45, 2.75) is 29.0 Å². The molecule has 1 saturated carbocycles. The number of amides is 3. The number of halogens is 3. The van der Waals surface area contributed by atoms with Crippen molar-refractivity contribution in [3.05, 3.63) is 74.8 Å². The maximum atomic E-state index is 13.5. The number of nitro benzene ring substituents is 1. The van der Waals surface area contributed by atoms with Gasteiger partial charge in [-0.2, -0.15) is 5.01 Å². The number of non-ortho nitro benzene ring substituents is 1. The number of fused-ring (bicyclic) bond motifs is 1. The normalized spacial score (nSPS) is 24.5. The van der Waals surface area contributed by atoms with Crippen molar-refractivity contribution in [3.8, 4) is 0 Å². The van der Waals surface area contributed by atoms with E-state index in [0.29, 0.717) is 23.4 Å². The molecule has 1 aliphatic heterocycles. The van der Waals surface area contributed by atoms with Crippen LogP contribution in [0, 0.1) is 22.0 Å². The van der Waals surface area contributed by atoms with Crippen LogP contribution >= 0.6 is 43.5 Å². The van der Waals surface area contributed by atoms with Crippen LogP contribution in [-0.2, 0) is 16.1 Å². The lowest BCUT2D eigenvalue weighted by Crippen LogP contribution is -2.49. The van der Waals surface area contributed by atoms with Crippen LogP contribution in [0.3, 0.4) is 0 Å². The molecule has 33 heavy (non-hydrogen) atoms. The number of hydrogen-bond acceptors (Lipinski definition) is 5. The smallest absolute Gasteiger partial charge is 0.272 e. The summed E-state index contributed by atoms with van der Waals surface area (Å²) in [6.45, 7) is -0.0783. The predicted molar refractivity (Wildman–Crippen MR) is 128 cm³/mol.